The SMILES string of the molecule is CCN(CC)c1cc(-c2ccccn2)nc(-c2ccccn2)n1. The summed E-state index contributed by atoms with van der Waals surface area (Å²) in [6, 6.07) is 13.5. The molecule has 3 rings (SSSR count). The summed E-state index contributed by atoms with van der Waals surface area (Å²) in [4.78, 5) is 20.3. The molecule has 3 aromatic heterocycles. The minimum absolute atomic E-state index is 0.621. The van der Waals surface area contributed by atoms with Gasteiger partial charge in [-0.15, -0.1) is 0 Å². The maximum absolute atomic E-state index is 4.70. The predicted molar refractivity (Wildman–Crippen MR) is 92.1 cm³/mol. The first-order valence-corrected chi connectivity index (χ1v) is 7.78. The fourth-order valence-corrected chi connectivity index (χ4v) is 2.40. The lowest BCUT2D eigenvalue weighted by Gasteiger charge is -2.20. The third-order valence-corrected chi connectivity index (χ3v) is 3.62. The highest BCUT2D eigenvalue weighted by atomic mass is 15.2. The molecule has 0 aliphatic carbocycles. The average Bonchev–Trinajstić information content (AvgIpc) is 2.64. The van der Waals surface area contributed by atoms with Crippen molar-refractivity contribution in [1.82, 2.24) is 19.9 Å². The first-order chi connectivity index (χ1) is 11.3. The number of anilines is 1. The normalized spacial score (nSPS) is 10.5. The zero-order chi connectivity index (χ0) is 16.1. The fourth-order valence-electron chi connectivity index (χ4n) is 2.40. The van der Waals surface area contributed by atoms with Crippen LogP contribution in [-0.2, 0) is 0 Å². The predicted octanol–water partition coefficient (Wildman–Crippen LogP) is 3.45. The van der Waals surface area contributed by atoms with Crippen LogP contribution in [0.3, 0.4) is 0 Å². The van der Waals surface area contributed by atoms with Crippen molar-refractivity contribution in [1.29, 1.82) is 0 Å². The van der Waals surface area contributed by atoms with Gasteiger partial charge in [-0.05, 0) is 38.1 Å². The molecule has 0 fully saturated rings. The van der Waals surface area contributed by atoms with Gasteiger partial charge >= 0.3 is 0 Å². The van der Waals surface area contributed by atoms with Crippen LogP contribution in [0, 0.1) is 0 Å². The van der Waals surface area contributed by atoms with E-state index >= 15 is 0 Å². The van der Waals surface area contributed by atoms with Gasteiger partial charge < -0.3 is 4.90 Å². The van der Waals surface area contributed by atoms with Crippen molar-refractivity contribution in [3.63, 3.8) is 0 Å². The molecule has 3 aromatic rings. The third-order valence-electron chi connectivity index (χ3n) is 3.62. The lowest BCUT2D eigenvalue weighted by atomic mass is 10.2. The van der Waals surface area contributed by atoms with Crippen molar-refractivity contribution in [3.05, 3.63) is 54.9 Å². The molecule has 0 radical (unpaired) electrons. The number of pyridine rings is 2. The van der Waals surface area contributed by atoms with Gasteiger partial charge in [0, 0.05) is 31.5 Å². The molecular formula is C18H19N5. The molecule has 5 nitrogen and oxygen atoms in total. The van der Waals surface area contributed by atoms with E-state index in [1.54, 1.807) is 12.4 Å². The lowest BCUT2D eigenvalue weighted by molar-refractivity contribution is 0.842. The Labute approximate surface area is 136 Å². The summed E-state index contributed by atoms with van der Waals surface area (Å²) in [6.45, 7) is 6.01. The highest BCUT2D eigenvalue weighted by molar-refractivity contribution is 5.64. The van der Waals surface area contributed by atoms with Crippen LogP contribution in [0.15, 0.2) is 54.9 Å². The topological polar surface area (TPSA) is 54.8 Å². The summed E-state index contributed by atoms with van der Waals surface area (Å²) in [6.07, 6.45) is 3.53. The molecule has 116 valence electrons. The highest BCUT2D eigenvalue weighted by Crippen LogP contribution is 2.23. The van der Waals surface area contributed by atoms with Gasteiger partial charge in [0.05, 0.1) is 11.4 Å². The van der Waals surface area contributed by atoms with Crippen LogP contribution in [0.5, 0.6) is 0 Å². The molecule has 23 heavy (non-hydrogen) atoms. The Morgan fingerprint density at radius 2 is 1.43 bits per heavy atom. The number of nitrogens with zero attached hydrogens (tertiary/aromatic N) is 5. The first-order valence-electron chi connectivity index (χ1n) is 7.78. The van der Waals surface area contributed by atoms with Crippen molar-refractivity contribution in [3.8, 4) is 22.9 Å². The monoisotopic (exact) mass is 305 g/mol. The lowest BCUT2D eigenvalue weighted by Crippen LogP contribution is -2.23. The van der Waals surface area contributed by atoms with Gasteiger partial charge in [-0.2, -0.15) is 0 Å². The maximum atomic E-state index is 4.70. The standard InChI is InChI=1S/C18H19N5/c1-3-23(4-2)17-13-16(14-9-5-7-11-19-14)21-18(22-17)15-10-6-8-12-20-15/h5-13H,3-4H2,1-2H3. The van der Waals surface area contributed by atoms with E-state index < -0.39 is 0 Å². The van der Waals surface area contributed by atoms with E-state index in [1.807, 2.05) is 42.5 Å². The van der Waals surface area contributed by atoms with Gasteiger partial charge in [-0.1, -0.05) is 12.1 Å². The molecule has 0 N–H and O–H groups in total. The Morgan fingerprint density at radius 1 is 0.783 bits per heavy atom. The number of hydrogen-bond donors (Lipinski definition) is 0. The van der Waals surface area contributed by atoms with Crippen LogP contribution in [0.1, 0.15) is 13.8 Å². The summed E-state index contributed by atoms with van der Waals surface area (Å²) in [5.41, 5.74) is 2.40. The smallest absolute Gasteiger partial charge is 0.180 e. The van der Waals surface area contributed by atoms with E-state index in [1.165, 1.54) is 0 Å². The summed E-state index contributed by atoms with van der Waals surface area (Å²) < 4.78 is 0. The molecule has 0 saturated carbocycles. The molecule has 0 unspecified atom stereocenters. The largest absolute Gasteiger partial charge is 0.357 e. The molecule has 0 atom stereocenters. The van der Waals surface area contributed by atoms with Gasteiger partial charge in [-0.25, -0.2) is 9.97 Å². The van der Waals surface area contributed by atoms with Gasteiger partial charge in [-0.3, -0.25) is 9.97 Å². The highest BCUT2D eigenvalue weighted by Gasteiger charge is 2.13. The second-order valence-electron chi connectivity index (χ2n) is 5.04. The van der Waals surface area contributed by atoms with Crippen LogP contribution in [0.4, 0.5) is 5.82 Å². The fraction of sp³-hybridized carbons (Fsp3) is 0.222. The molecule has 5 heteroatoms. The van der Waals surface area contributed by atoms with Crippen molar-refractivity contribution >= 4 is 5.82 Å². The second kappa shape index (κ2) is 6.96. The quantitative estimate of drug-likeness (QED) is 0.722. The number of hydrogen-bond acceptors (Lipinski definition) is 5. The Bertz CT molecular complexity index is 697. The molecule has 0 aromatic carbocycles. The minimum Gasteiger partial charge on any atom is -0.357 e. The van der Waals surface area contributed by atoms with Gasteiger partial charge in [0.1, 0.15) is 11.5 Å². The van der Waals surface area contributed by atoms with E-state index in [0.717, 1.165) is 36.0 Å². The van der Waals surface area contributed by atoms with Gasteiger partial charge in [0.25, 0.3) is 0 Å². The van der Waals surface area contributed by atoms with Crippen LogP contribution in [0.2, 0.25) is 0 Å². The van der Waals surface area contributed by atoms with Crippen molar-refractivity contribution in [2.75, 3.05) is 18.0 Å². The summed E-state index contributed by atoms with van der Waals surface area (Å²) in [5, 5.41) is 0. The van der Waals surface area contributed by atoms with E-state index in [9.17, 15) is 0 Å². The Balaban J connectivity index is 2.15. The zero-order valence-electron chi connectivity index (χ0n) is 13.3. The van der Waals surface area contributed by atoms with Crippen LogP contribution >= 0.6 is 0 Å². The first kappa shape index (κ1) is 15.1. The molecule has 3 heterocycles. The van der Waals surface area contributed by atoms with Crippen molar-refractivity contribution in [2.45, 2.75) is 13.8 Å². The maximum Gasteiger partial charge on any atom is 0.180 e. The van der Waals surface area contributed by atoms with E-state index in [0.29, 0.717) is 5.82 Å². The molecule has 0 spiro atoms. The minimum atomic E-state index is 0.621. The Kier molecular flexibility index (Phi) is 4.57. The molecule has 0 bridgehead atoms. The zero-order valence-corrected chi connectivity index (χ0v) is 13.3. The third kappa shape index (κ3) is 3.34. The summed E-state index contributed by atoms with van der Waals surface area (Å²) in [7, 11) is 0. The Hall–Kier alpha value is -2.82. The van der Waals surface area contributed by atoms with Crippen molar-refractivity contribution in [2.24, 2.45) is 0 Å². The number of aromatic nitrogens is 4. The summed E-state index contributed by atoms with van der Waals surface area (Å²) in [5.74, 6) is 1.52. The van der Waals surface area contributed by atoms with E-state index in [4.69, 9.17) is 4.98 Å². The molecular weight excluding hydrogens is 286 g/mol. The van der Waals surface area contributed by atoms with E-state index in [-0.39, 0.29) is 0 Å². The van der Waals surface area contributed by atoms with Gasteiger partial charge in [0.2, 0.25) is 0 Å². The molecule has 0 aliphatic heterocycles. The molecule has 0 amide bonds. The molecule has 0 saturated heterocycles. The van der Waals surface area contributed by atoms with Crippen molar-refractivity contribution < 1.29 is 0 Å². The van der Waals surface area contributed by atoms with Crippen LogP contribution in [-0.4, -0.2) is 33.0 Å². The van der Waals surface area contributed by atoms with Crippen LogP contribution in [0.25, 0.3) is 22.9 Å². The van der Waals surface area contributed by atoms with E-state index in [2.05, 4.69) is 33.7 Å². The van der Waals surface area contributed by atoms with Gasteiger partial charge in [0.15, 0.2) is 5.82 Å². The average molecular weight is 305 g/mol. The second-order valence-corrected chi connectivity index (χ2v) is 5.04. The van der Waals surface area contributed by atoms with Crippen LogP contribution < -0.4 is 4.90 Å². The number of rotatable bonds is 5. The summed E-state index contributed by atoms with van der Waals surface area (Å²) >= 11 is 0. The Morgan fingerprint density at radius 3 is 2.00 bits per heavy atom. The molecule has 0 aliphatic rings.